The number of ketones is 1. The summed E-state index contributed by atoms with van der Waals surface area (Å²) in [5.74, 6) is -0.147. The molecule has 1 aromatic rings. The van der Waals surface area contributed by atoms with Gasteiger partial charge in [0, 0.05) is 11.8 Å². The van der Waals surface area contributed by atoms with Gasteiger partial charge in [0.1, 0.15) is 5.78 Å². The zero-order valence-electron chi connectivity index (χ0n) is 8.65. The molecule has 0 aliphatic heterocycles. The lowest BCUT2D eigenvalue weighted by molar-refractivity contribution is -0.137. The maximum absolute atomic E-state index is 12.5. The van der Waals surface area contributed by atoms with Crippen LogP contribution in [0.3, 0.4) is 0 Å². The van der Waals surface area contributed by atoms with Gasteiger partial charge in [-0.15, -0.1) is 0 Å². The number of halogens is 5. The number of hydrogen-bond acceptors (Lipinski definition) is 1. The van der Waals surface area contributed by atoms with Gasteiger partial charge in [-0.2, -0.15) is 13.2 Å². The highest BCUT2D eigenvalue weighted by atomic mass is 79.9. The Morgan fingerprint density at radius 3 is 2.29 bits per heavy atom. The van der Waals surface area contributed by atoms with Crippen LogP contribution in [-0.2, 0) is 22.7 Å². The summed E-state index contributed by atoms with van der Waals surface area (Å²) in [4.78, 5) is 11.3. The van der Waals surface area contributed by atoms with Gasteiger partial charge < -0.3 is 0 Å². The van der Waals surface area contributed by atoms with Gasteiger partial charge in [-0.05, 0) is 23.3 Å². The number of carbonyl (C=O) groups excluding carboxylic acids is 1. The van der Waals surface area contributed by atoms with Crippen LogP contribution in [-0.4, -0.2) is 11.1 Å². The van der Waals surface area contributed by atoms with Gasteiger partial charge in [0.15, 0.2) is 0 Å². The molecule has 0 aromatic heterocycles. The van der Waals surface area contributed by atoms with Crippen molar-refractivity contribution in [3.63, 3.8) is 0 Å². The first-order valence-corrected chi connectivity index (χ1v) is 6.95. The molecule has 17 heavy (non-hydrogen) atoms. The fourth-order valence-electron chi connectivity index (χ4n) is 1.36. The van der Waals surface area contributed by atoms with E-state index in [2.05, 4.69) is 31.9 Å². The Labute approximate surface area is 114 Å². The third-order valence-corrected chi connectivity index (χ3v) is 3.44. The van der Waals surface area contributed by atoms with Crippen molar-refractivity contribution < 1.29 is 18.0 Å². The van der Waals surface area contributed by atoms with Crippen LogP contribution in [0.15, 0.2) is 18.2 Å². The average molecular weight is 374 g/mol. The molecular weight excluding hydrogens is 365 g/mol. The molecule has 6 heteroatoms. The van der Waals surface area contributed by atoms with Crippen LogP contribution < -0.4 is 0 Å². The van der Waals surface area contributed by atoms with Crippen molar-refractivity contribution in [2.24, 2.45) is 0 Å². The first-order valence-electron chi connectivity index (χ1n) is 4.71. The smallest absolute Gasteiger partial charge is 0.298 e. The SMILES string of the molecule is O=C(CBr)Cc1cc(C(F)(F)F)ccc1CBr. The van der Waals surface area contributed by atoms with Gasteiger partial charge in [0.2, 0.25) is 0 Å². The van der Waals surface area contributed by atoms with Gasteiger partial charge in [-0.25, -0.2) is 0 Å². The van der Waals surface area contributed by atoms with Crippen LogP contribution in [0.4, 0.5) is 13.2 Å². The van der Waals surface area contributed by atoms with E-state index in [9.17, 15) is 18.0 Å². The molecule has 0 aliphatic rings. The van der Waals surface area contributed by atoms with Crippen LogP contribution in [0.5, 0.6) is 0 Å². The van der Waals surface area contributed by atoms with Crippen molar-refractivity contribution in [3.05, 3.63) is 34.9 Å². The van der Waals surface area contributed by atoms with Gasteiger partial charge in [-0.3, -0.25) is 4.79 Å². The van der Waals surface area contributed by atoms with Crippen LogP contribution in [0.1, 0.15) is 16.7 Å². The lowest BCUT2D eigenvalue weighted by Crippen LogP contribution is -2.10. The van der Waals surface area contributed by atoms with E-state index in [1.165, 1.54) is 6.07 Å². The topological polar surface area (TPSA) is 17.1 Å². The van der Waals surface area contributed by atoms with Crippen LogP contribution in [0.2, 0.25) is 0 Å². The van der Waals surface area contributed by atoms with Gasteiger partial charge in [0.25, 0.3) is 0 Å². The molecule has 0 heterocycles. The minimum absolute atomic E-state index is 0.0100. The summed E-state index contributed by atoms with van der Waals surface area (Å²) >= 11 is 6.18. The van der Waals surface area contributed by atoms with Crippen molar-refractivity contribution >= 4 is 37.6 Å². The molecule has 1 nitrogen and oxygen atoms in total. The van der Waals surface area contributed by atoms with Crippen molar-refractivity contribution in [1.29, 1.82) is 0 Å². The number of Topliss-reactive ketones (excluding diaryl/α,β-unsaturated/α-hetero) is 1. The quantitative estimate of drug-likeness (QED) is 0.726. The van der Waals surface area contributed by atoms with Gasteiger partial charge >= 0.3 is 6.18 Å². The largest absolute Gasteiger partial charge is 0.416 e. The summed E-state index contributed by atoms with van der Waals surface area (Å²) in [6, 6.07) is 3.46. The molecule has 0 saturated carbocycles. The van der Waals surface area contributed by atoms with E-state index >= 15 is 0 Å². The molecule has 0 atom stereocenters. The summed E-state index contributed by atoms with van der Waals surface area (Å²) in [6.45, 7) is 0. The second-order valence-electron chi connectivity index (χ2n) is 3.46. The number of hydrogen-bond donors (Lipinski definition) is 0. The molecule has 1 aromatic carbocycles. The Morgan fingerprint density at radius 1 is 1.18 bits per heavy atom. The predicted molar refractivity (Wildman–Crippen MR) is 66.6 cm³/mol. The lowest BCUT2D eigenvalue weighted by Gasteiger charge is -2.11. The number of rotatable bonds is 4. The molecule has 94 valence electrons. The third kappa shape index (κ3) is 4.10. The summed E-state index contributed by atoms with van der Waals surface area (Å²) < 4.78 is 37.6. The normalized spacial score (nSPS) is 11.6. The average Bonchev–Trinajstić information content (AvgIpc) is 2.27. The molecule has 0 radical (unpaired) electrons. The number of alkyl halides is 5. The first kappa shape index (κ1) is 14.7. The van der Waals surface area contributed by atoms with Crippen molar-refractivity contribution in [2.45, 2.75) is 17.9 Å². The molecular formula is C11H9Br2F3O. The molecule has 0 aliphatic carbocycles. The van der Waals surface area contributed by atoms with E-state index in [0.29, 0.717) is 16.5 Å². The molecule has 0 amide bonds. The Morgan fingerprint density at radius 2 is 1.82 bits per heavy atom. The van der Waals surface area contributed by atoms with Crippen molar-refractivity contribution in [3.8, 4) is 0 Å². The van der Waals surface area contributed by atoms with E-state index in [0.717, 1.165) is 12.1 Å². The van der Waals surface area contributed by atoms with Crippen LogP contribution >= 0.6 is 31.9 Å². The highest BCUT2D eigenvalue weighted by molar-refractivity contribution is 9.09. The summed E-state index contributed by atoms with van der Waals surface area (Å²) in [5.41, 5.74) is 0.396. The van der Waals surface area contributed by atoms with Gasteiger partial charge in [0.05, 0.1) is 10.9 Å². The summed E-state index contributed by atoms with van der Waals surface area (Å²) in [7, 11) is 0. The lowest BCUT2D eigenvalue weighted by atomic mass is 10.0. The summed E-state index contributed by atoms with van der Waals surface area (Å²) in [6.07, 6.45) is -4.37. The fraction of sp³-hybridized carbons (Fsp3) is 0.364. The fourth-order valence-corrected chi connectivity index (χ4v) is 2.10. The van der Waals surface area contributed by atoms with Crippen molar-refractivity contribution in [1.82, 2.24) is 0 Å². The number of benzene rings is 1. The predicted octanol–water partition coefficient (Wildman–Crippen LogP) is 4.11. The number of carbonyl (C=O) groups is 1. The molecule has 1 rings (SSSR count). The minimum atomic E-state index is -4.38. The minimum Gasteiger partial charge on any atom is -0.298 e. The second kappa shape index (κ2) is 6.00. The summed E-state index contributed by atoms with van der Waals surface area (Å²) in [5, 5.41) is 0.570. The Hall–Kier alpha value is -0.360. The van der Waals surface area contributed by atoms with Crippen LogP contribution in [0.25, 0.3) is 0 Å². The molecule has 0 N–H and O–H groups in total. The Kier molecular flexibility index (Phi) is 5.19. The van der Waals surface area contributed by atoms with E-state index in [-0.39, 0.29) is 17.5 Å². The zero-order valence-corrected chi connectivity index (χ0v) is 11.8. The zero-order chi connectivity index (χ0) is 13.1. The standard InChI is InChI=1S/C11H9Br2F3O/c12-5-7-1-2-9(11(14,15)16)3-8(7)4-10(17)6-13/h1-3H,4-6H2. The maximum atomic E-state index is 12.5. The molecule has 0 bridgehead atoms. The Balaban J connectivity index is 3.11. The molecule has 0 spiro atoms. The first-order chi connectivity index (χ1) is 7.88. The highest BCUT2D eigenvalue weighted by Crippen LogP contribution is 2.31. The van der Waals surface area contributed by atoms with Gasteiger partial charge in [-0.1, -0.05) is 37.9 Å². The van der Waals surface area contributed by atoms with E-state index in [4.69, 9.17) is 0 Å². The molecule has 0 fully saturated rings. The van der Waals surface area contributed by atoms with Crippen LogP contribution in [0, 0.1) is 0 Å². The second-order valence-corrected chi connectivity index (χ2v) is 4.59. The van der Waals surface area contributed by atoms with E-state index in [1.807, 2.05) is 0 Å². The monoisotopic (exact) mass is 372 g/mol. The highest BCUT2D eigenvalue weighted by Gasteiger charge is 2.30. The Bertz CT molecular complexity index is 416. The molecule has 0 unspecified atom stereocenters. The third-order valence-electron chi connectivity index (χ3n) is 2.21. The van der Waals surface area contributed by atoms with E-state index < -0.39 is 11.7 Å². The van der Waals surface area contributed by atoms with Crippen molar-refractivity contribution in [2.75, 3.05) is 5.33 Å². The molecule has 0 saturated heterocycles. The maximum Gasteiger partial charge on any atom is 0.416 e. The van der Waals surface area contributed by atoms with E-state index in [1.54, 1.807) is 0 Å².